The second-order valence-electron chi connectivity index (χ2n) is 9.45. The average Bonchev–Trinajstić information content (AvgIpc) is 3.22. The van der Waals surface area contributed by atoms with Crippen molar-refractivity contribution in [1.82, 2.24) is 9.80 Å². The molecule has 176 valence electrons. The molecule has 0 spiro atoms. The number of benzene rings is 1. The van der Waals surface area contributed by atoms with Crippen LogP contribution in [0.3, 0.4) is 0 Å². The minimum absolute atomic E-state index is 0.391. The van der Waals surface area contributed by atoms with Crippen molar-refractivity contribution >= 4 is 0 Å². The predicted octanol–water partition coefficient (Wildman–Crippen LogP) is 9.06. The van der Waals surface area contributed by atoms with Gasteiger partial charge in [0.25, 0.3) is 0 Å². The molecule has 1 aliphatic heterocycles. The Hall–Kier alpha value is -1.44. The summed E-state index contributed by atoms with van der Waals surface area (Å²) in [6, 6.07) is 11.0. The van der Waals surface area contributed by atoms with Crippen LogP contribution in [-0.2, 0) is 0 Å². The number of hydrogen-bond acceptors (Lipinski definition) is 2. The van der Waals surface area contributed by atoms with Gasteiger partial charge in [0, 0.05) is 25.5 Å². The summed E-state index contributed by atoms with van der Waals surface area (Å²) in [6.45, 7) is 6.78. The molecule has 0 amide bonds. The van der Waals surface area contributed by atoms with Crippen LogP contribution >= 0.6 is 0 Å². The van der Waals surface area contributed by atoms with Crippen LogP contribution in [0, 0.1) is 0 Å². The summed E-state index contributed by atoms with van der Waals surface area (Å²) < 4.78 is 0. The van der Waals surface area contributed by atoms with E-state index >= 15 is 0 Å². The van der Waals surface area contributed by atoms with E-state index in [0.717, 1.165) is 6.54 Å². The van der Waals surface area contributed by atoms with Gasteiger partial charge in [0.2, 0.25) is 0 Å². The maximum atomic E-state index is 2.53. The minimum Gasteiger partial charge on any atom is -0.353 e. The van der Waals surface area contributed by atoms with Gasteiger partial charge in [-0.15, -0.1) is 0 Å². The van der Waals surface area contributed by atoms with Crippen molar-refractivity contribution in [3.05, 3.63) is 48.3 Å². The molecule has 2 nitrogen and oxygen atoms in total. The van der Waals surface area contributed by atoms with E-state index in [0.29, 0.717) is 6.17 Å². The largest absolute Gasteiger partial charge is 0.353 e. The fourth-order valence-corrected chi connectivity index (χ4v) is 4.85. The monoisotopic (exact) mass is 426 g/mol. The van der Waals surface area contributed by atoms with E-state index in [4.69, 9.17) is 0 Å². The van der Waals surface area contributed by atoms with Crippen LogP contribution < -0.4 is 0 Å². The molecule has 1 heterocycles. The molecule has 0 saturated heterocycles. The highest BCUT2D eigenvalue weighted by Crippen LogP contribution is 2.30. The SMILES string of the molecule is CCCCCCCCCCCCCCCCCCN1C=CN(CC)C1c1ccccc1. The Kier molecular flexibility index (Phi) is 14.3. The number of hydrogen-bond donors (Lipinski definition) is 0. The zero-order valence-corrected chi connectivity index (χ0v) is 20.7. The molecule has 0 N–H and O–H groups in total. The second-order valence-corrected chi connectivity index (χ2v) is 9.45. The molecule has 1 aliphatic rings. The summed E-state index contributed by atoms with van der Waals surface area (Å²) in [6.07, 6.45) is 27.9. The molecule has 1 unspecified atom stereocenters. The van der Waals surface area contributed by atoms with Crippen LogP contribution in [0.15, 0.2) is 42.7 Å². The Labute approximate surface area is 194 Å². The molecule has 0 fully saturated rings. The van der Waals surface area contributed by atoms with Crippen molar-refractivity contribution in [1.29, 1.82) is 0 Å². The number of rotatable bonds is 19. The third kappa shape index (κ3) is 10.6. The minimum atomic E-state index is 0.391. The van der Waals surface area contributed by atoms with Gasteiger partial charge in [0.1, 0.15) is 6.17 Å². The highest BCUT2D eigenvalue weighted by Gasteiger charge is 2.25. The highest BCUT2D eigenvalue weighted by molar-refractivity contribution is 5.21. The topological polar surface area (TPSA) is 6.48 Å². The van der Waals surface area contributed by atoms with E-state index in [-0.39, 0.29) is 0 Å². The molecule has 0 radical (unpaired) electrons. The zero-order chi connectivity index (χ0) is 22.0. The molecule has 2 rings (SSSR count). The predicted molar refractivity (Wildman–Crippen MR) is 137 cm³/mol. The van der Waals surface area contributed by atoms with Gasteiger partial charge in [0.15, 0.2) is 0 Å². The van der Waals surface area contributed by atoms with Crippen LogP contribution in [0.4, 0.5) is 0 Å². The Morgan fingerprint density at radius 3 is 1.48 bits per heavy atom. The van der Waals surface area contributed by atoms with Crippen molar-refractivity contribution in [2.24, 2.45) is 0 Å². The van der Waals surface area contributed by atoms with E-state index in [1.165, 1.54) is 115 Å². The van der Waals surface area contributed by atoms with Gasteiger partial charge in [-0.05, 0) is 18.9 Å². The van der Waals surface area contributed by atoms with E-state index in [9.17, 15) is 0 Å². The van der Waals surface area contributed by atoms with Crippen molar-refractivity contribution in [3.63, 3.8) is 0 Å². The lowest BCUT2D eigenvalue weighted by Gasteiger charge is -2.32. The molecule has 1 aromatic rings. The van der Waals surface area contributed by atoms with Crippen LogP contribution in [0.25, 0.3) is 0 Å². The molecule has 1 aromatic carbocycles. The first kappa shape index (κ1) is 25.8. The lowest BCUT2D eigenvalue weighted by Crippen LogP contribution is -2.31. The zero-order valence-electron chi connectivity index (χ0n) is 20.7. The van der Waals surface area contributed by atoms with Gasteiger partial charge in [-0.1, -0.05) is 134 Å². The molecule has 0 aromatic heterocycles. The van der Waals surface area contributed by atoms with Crippen LogP contribution in [0.1, 0.15) is 128 Å². The average molecular weight is 427 g/mol. The quantitative estimate of drug-likeness (QED) is 0.203. The molecule has 1 atom stereocenters. The summed E-state index contributed by atoms with van der Waals surface area (Å²) in [5, 5.41) is 0. The van der Waals surface area contributed by atoms with Gasteiger partial charge in [-0.2, -0.15) is 0 Å². The Morgan fingerprint density at radius 2 is 1.00 bits per heavy atom. The van der Waals surface area contributed by atoms with Gasteiger partial charge in [0.05, 0.1) is 0 Å². The first-order valence-electron chi connectivity index (χ1n) is 13.6. The number of nitrogens with zero attached hydrogens (tertiary/aromatic N) is 2. The number of unbranched alkanes of at least 4 members (excludes halogenated alkanes) is 15. The van der Waals surface area contributed by atoms with Crippen LogP contribution in [-0.4, -0.2) is 22.9 Å². The molecule has 0 aliphatic carbocycles. The Bertz CT molecular complexity index is 553. The van der Waals surface area contributed by atoms with Crippen molar-refractivity contribution < 1.29 is 0 Å². The van der Waals surface area contributed by atoms with Crippen molar-refractivity contribution in [2.75, 3.05) is 13.1 Å². The summed E-state index contributed by atoms with van der Waals surface area (Å²) in [7, 11) is 0. The highest BCUT2D eigenvalue weighted by atomic mass is 15.4. The lowest BCUT2D eigenvalue weighted by atomic mass is 10.0. The smallest absolute Gasteiger partial charge is 0.127 e. The van der Waals surface area contributed by atoms with E-state index in [2.05, 4.69) is 66.4 Å². The van der Waals surface area contributed by atoms with Crippen molar-refractivity contribution in [2.45, 2.75) is 123 Å². The molecule has 2 heteroatoms. The summed E-state index contributed by atoms with van der Waals surface area (Å²) in [5.74, 6) is 0. The van der Waals surface area contributed by atoms with Gasteiger partial charge in [-0.3, -0.25) is 0 Å². The molecule has 0 bridgehead atoms. The fourth-order valence-electron chi connectivity index (χ4n) is 4.85. The third-order valence-electron chi connectivity index (χ3n) is 6.81. The summed E-state index contributed by atoms with van der Waals surface area (Å²) in [4.78, 5) is 4.98. The third-order valence-corrected chi connectivity index (χ3v) is 6.81. The first-order valence-corrected chi connectivity index (χ1v) is 13.6. The lowest BCUT2D eigenvalue weighted by molar-refractivity contribution is 0.157. The summed E-state index contributed by atoms with van der Waals surface area (Å²) in [5.41, 5.74) is 1.41. The van der Waals surface area contributed by atoms with Crippen molar-refractivity contribution in [3.8, 4) is 0 Å². The second kappa shape index (κ2) is 17.2. The van der Waals surface area contributed by atoms with Gasteiger partial charge in [-0.25, -0.2) is 0 Å². The standard InChI is InChI=1S/C29H50N2/c1-3-5-6-7-8-9-10-11-12-13-14-15-16-17-18-22-25-31-27-26-30(4-2)29(31)28-23-20-19-21-24-28/h19-21,23-24,26-27,29H,3-18,22,25H2,1-2H3. The van der Waals surface area contributed by atoms with Gasteiger partial charge >= 0.3 is 0 Å². The Morgan fingerprint density at radius 1 is 0.548 bits per heavy atom. The van der Waals surface area contributed by atoms with Gasteiger partial charge < -0.3 is 9.80 Å². The summed E-state index contributed by atoms with van der Waals surface area (Å²) >= 11 is 0. The molecular formula is C29H50N2. The normalized spacial score (nSPS) is 15.9. The van der Waals surface area contributed by atoms with E-state index in [1.807, 2.05) is 0 Å². The first-order chi connectivity index (χ1) is 15.4. The maximum absolute atomic E-state index is 2.53. The van der Waals surface area contributed by atoms with Crippen LogP contribution in [0.5, 0.6) is 0 Å². The molecule has 31 heavy (non-hydrogen) atoms. The Balaban J connectivity index is 1.42. The van der Waals surface area contributed by atoms with E-state index < -0.39 is 0 Å². The van der Waals surface area contributed by atoms with E-state index in [1.54, 1.807) is 0 Å². The molecular weight excluding hydrogens is 376 g/mol. The maximum Gasteiger partial charge on any atom is 0.127 e. The molecule has 0 saturated carbocycles. The van der Waals surface area contributed by atoms with Crippen LogP contribution in [0.2, 0.25) is 0 Å². The fraction of sp³-hybridized carbons (Fsp3) is 0.724.